The second-order valence-corrected chi connectivity index (χ2v) is 9.57. The molecule has 0 unspecified atom stereocenters. The number of carbonyl (C=O) groups is 2. The van der Waals surface area contributed by atoms with E-state index in [4.69, 9.17) is 13.5 Å². The monoisotopic (exact) mass is 481 g/mol. The minimum atomic E-state index is -0.143. The van der Waals surface area contributed by atoms with Crippen molar-refractivity contribution in [2.24, 2.45) is 0 Å². The van der Waals surface area contributed by atoms with Gasteiger partial charge < -0.3 is 23.3 Å². The van der Waals surface area contributed by atoms with Crippen molar-refractivity contribution in [3.63, 3.8) is 0 Å². The third-order valence-corrected chi connectivity index (χ3v) is 7.26. The van der Waals surface area contributed by atoms with E-state index in [1.54, 1.807) is 11.8 Å². The first-order valence-electron chi connectivity index (χ1n) is 12.3. The van der Waals surface area contributed by atoms with Gasteiger partial charge in [0.2, 0.25) is 0 Å². The van der Waals surface area contributed by atoms with Gasteiger partial charge in [-0.05, 0) is 53.4 Å². The second kappa shape index (κ2) is 9.31. The third kappa shape index (κ3) is 4.37. The number of nitrogens with zero attached hydrogens (tertiary/aromatic N) is 5. The predicted octanol–water partition coefficient (Wildman–Crippen LogP) is 3.73. The van der Waals surface area contributed by atoms with E-state index in [0.29, 0.717) is 61.2 Å². The zero-order chi connectivity index (χ0) is 24.7. The molecule has 0 saturated carbocycles. The molecule has 3 aromatic heterocycles. The Labute approximate surface area is 203 Å². The highest BCUT2D eigenvalue weighted by Crippen LogP contribution is 2.31. The van der Waals surface area contributed by atoms with Gasteiger partial charge >= 0.3 is 0 Å². The minimum Gasteiger partial charge on any atom is -0.445 e. The molecule has 0 bridgehead atoms. The SMILES string of the molecule is Cc1noc(C)c1Cc1c(C(=O)N2CCC(c3nc(C(=O)N4CCCC4)c(C)o3)CC2)noc1C. The Bertz CT molecular complexity index is 1220. The molecule has 35 heavy (non-hydrogen) atoms. The molecule has 5 heterocycles. The lowest BCUT2D eigenvalue weighted by atomic mass is 9.96. The molecular weight excluding hydrogens is 450 g/mol. The molecule has 2 aliphatic heterocycles. The molecule has 2 saturated heterocycles. The van der Waals surface area contributed by atoms with Gasteiger partial charge in [-0.3, -0.25) is 9.59 Å². The summed E-state index contributed by atoms with van der Waals surface area (Å²) < 4.78 is 16.6. The average Bonchev–Trinajstić information content (AvgIpc) is 3.65. The Morgan fingerprint density at radius 1 is 0.800 bits per heavy atom. The molecule has 3 aromatic rings. The van der Waals surface area contributed by atoms with Crippen LogP contribution in [0.4, 0.5) is 0 Å². The smallest absolute Gasteiger partial charge is 0.276 e. The van der Waals surface area contributed by atoms with Crippen LogP contribution in [0.25, 0.3) is 0 Å². The molecule has 0 atom stereocenters. The van der Waals surface area contributed by atoms with Crippen molar-refractivity contribution < 1.29 is 23.1 Å². The molecule has 0 spiro atoms. The maximum Gasteiger partial charge on any atom is 0.276 e. The number of carbonyl (C=O) groups excluding carboxylic acids is 2. The summed E-state index contributed by atoms with van der Waals surface area (Å²) in [5.74, 6) is 2.38. The Morgan fingerprint density at radius 2 is 1.40 bits per heavy atom. The van der Waals surface area contributed by atoms with Gasteiger partial charge in [0.05, 0.1) is 5.69 Å². The molecule has 0 aliphatic carbocycles. The summed E-state index contributed by atoms with van der Waals surface area (Å²) in [7, 11) is 0. The van der Waals surface area contributed by atoms with Gasteiger partial charge in [-0.25, -0.2) is 4.98 Å². The lowest BCUT2D eigenvalue weighted by Gasteiger charge is -2.30. The van der Waals surface area contributed by atoms with Gasteiger partial charge in [0.1, 0.15) is 17.3 Å². The molecule has 5 rings (SSSR count). The molecule has 186 valence electrons. The summed E-state index contributed by atoms with van der Waals surface area (Å²) in [5.41, 5.74) is 3.27. The van der Waals surface area contributed by atoms with Crippen LogP contribution in [0.1, 0.15) is 92.6 Å². The van der Waals surface area contributed by atoms with E-state index < -0.39 is 0 Å². The van der Waals surface area contributed by atoms with Crippen molar-refractivity contribution in [2.75, 3.05) is 26.2 Å². The van der Waals surface area contributed by atoms with Crippen molar-refractivity contribution in [2.45, 2.75) is 65.7 Å². The first kappa shape index (κ1) is 23.3. The Morgan fingerprint density at radius 3 is 2.06 bits per heavy atom. The van der Waals surface area contributed by atoms with Crippen molar-refractivity contribution in [1.29, 1.82) is 0 Å². The molecular formula is C25H31N5O5. The number of piperidine rings is 1. The molecule has 0 N–H and O–H groups in total. The van der Waals surface area contributed by atoms with E-state index in [1.807, 2.05) is 25.7 Å². The van der Waals surface area contributed by atoms with Gasteiger partial charge in [0.25, 0.3) is 11.8 Å². The predicted molar refractivity (Wildman–Crippen MR) is 124 cm³/mol. The number of likely N-dealkylation sites (tertiary alicyclic amines) is 2. The molecule has 0 aromatic carbocycles. The largest absolute Gasteiger partial charge is 0.445 e. The standard InChI is InChI=1S/C25H31N5O5/c1-14-19(15(2)34-27-14)13-20-16(3)35-28-22(20)25(32)30-11-7-18(8-12-30)23-26-21(17(4)33-23)24(31)29-9-5-6-10-29/h18H,5-13H2,1-4H3. The fraction of sp³-hybridized carbons (Fsp3) is 0.560. The fourth-order valence-electron chi connectivity index (χ4n) is 5.04. The van der Waals surface area contributed by atoms with E-state index in [9.17, 15) is 9.59 Å². The number of oxazole rings is 1. The van der Waals surface area contributed by atoms with E-state index in [0.717, 1.165) is 48.5 Å². The summed E-state index contributed by atoms with van der Waals surface area (Å²) >= 11 is 0. The van der Waals surface area contributed by atoms with Crippen LogP contribution in [-0.4, -0.2) is 63.1 Å². The first-order valence-corrected chi connectivity index (χ1v) is 12.3. The highest BCUT2D eigenvalue weighted by Gasteiger charge is 2.33. The Hall–Kier alpha value is -3.43. The summed E-state index contributed by atoms with van der Waals surface area (Å²) in [4.78, 5) is 34.3. The number of amides is 2. The summed E-state index contributed by atoms with van der Waals surface area (Å²) in [6.45, 7) is 10.0. The molecule has 2 aliphatic rings. The zero-order valence-electron chi connectivity index (χ0n) is 20.7. The highest BCUT2D eigenvalue weighted by atomic mass is 16.5. The van der Waals surface area contributed by atoms with Crippen LogP contribution in [0.3, 0.4) is 0 Å². The zero-order valence-corrected chi connectivity index (χ0v) is 20.7. The lowest BCUT2D eigenvalue weighted by molar-refractivity contribution is 0.0694. The summed E-state index contributed by atoms with van der Waals surface area (Å²) in [6.07, 6.45) is 3.97. The van der Waals surface area contributed by atoms with Crippen LogP contribution >= 0.6 is 0 Å². The molecule has 2 amide bonds. The van der Waals surface area contributed by atoms with Crippen molar-refractivity contribution in [3.05, 3.63) is 51.4 Å². The van der Waals surface area contributed by atoms with Gasteiger partial charge in [0.15, 0.2) is 17.3 Å². The topological polar surface area (TPSA) is 119 Å². The number of hydrogen-bond acceptors (Lipinski definition) is 8. The van der Waals surface area contributed by atoms with E-state index >= 15 is 0 Å². The third-order valence-electron chi connectivity index (χ3n) is 7.26. The highest BCUT2D eigenvalue weighted by molar-refractivity contribution is 5.94. The van der Waals surface area contributed by atoms with Gasteiger partial charge in [-0.15, -0.1) is 0 Å². The van der Waals surface area contributed by atoms with E-state index in [1.165, 1.54) is 0 Å². The van der Waals surface area contributed by atoms with Gasteiger partial charge in [-0.2, -0.15) is 0 Å². The number of rotatable bonds is 5. The van der Waals surface area contributed by atoms with E-state index in [2.05, 4.69) is 15.3 Å². The Kier molecular flexibility index (Phi) is 6.21. The maximum absolute atomic E-state index is 13.3. The van der Waals surface area contributed by atoms with Crippen LogP contribution in [-0.2, 0) is 6.42 Å². The molecule has 10 heteroatoms. The van der Waals surface area contributed by atoms with Gasteiger partial charge in [0, 0.05) is 49.6 Å². The van der Waals surface area contributed by atoms with Crippen LogP contribution in [0, 0.1) is 27.7 Å². The van der Waals surface area contributed by atoms with Crippen LogP contribution in [0.5, 0.6) is 0 Å². The van der Waals surface area contributed by atoms with Crippen molar-refractivity contribution >= 4 is 11.8 Å². The average molecular weight is 482 g/mol. The number of aromatic nitrogens is 3. The maximum atomic E-state index is 13.3. The van der Waals surface area contributed by atoms with E-state index in [-0.39, 0.29) is 17.7 Å². The van der Waals surface area contributed by atoms with Crippen LogP contribution in [0.15, 0.2) is 13.5 Å². The summed E-state index contributed by atoms with van der Waals surface area (Å²) in [5, 5.41) is 8.10. The minimum absolute atomic E-state index is 0.0464. The molecule has 10 nitrogen and oxygen atoms in total. The summed E-state index contributed by atoms with van der Waals surface area (Å²) in [6, 6.07) is 0. The first-order chi connectivity index (χ1) is 16.8. The fourth-order valence-corrected chi connectivity index (χ4v) is 5.04. The molecule has 0 radical (unpaired) electrons. The molecule has 2 fully saturated rings. The number of hydrogen-bond donors (Lipinski definition) is 0. The lowest BCUT2D eigenvalue weighted by Crippen LogP contribution is -2.38. The quantitative estimate of drug-likeness (QED) is 0.541. The van der Waals surface area contributed by atoms with Crippen LogP contribution < -0.4 is 0 Å². The normalized spacial score (nSPS) is 16.9. The number of aryl methyl sites for hydroxylation is 4. The van der Waals surface area contributed by atoms with Gasteiger partial charge in [-0.1, -0.05) is 10.3 Å². The van der Waals surface area contributed by atoms with Crippen molar-refractivity contribution in [1.82, 2.24) is 25.1 Å². The second-order valence-electron chi connectivity index (χ2n) is 9.57. The van der Waals surface area contributed by atoms with Crippen molar-refractivity contribution in [3.8, 4) is 0 Å². The van der Waals surface area contributed by atoms with Crippen LogP contribution in [0.2, 0.25) is 0 Å². The Balaban J connectivity index is 1.26.